The second-order valence-electron chi connectivity index (χ2n) is 11.0. The molecule has 0 aliphatic heterocycles. The molecule has 3 saturated carbocycles. The fourth-order valence-corrected chi connectivity index (χ4v) is 8.31. The molecule has 5 heteroatoms. The van der Waals surface area contributed by atoms with Crippen molar-refractivity contribution in [2.75, 3.05) is 0 Å². The summed E-state index contributed by atoms with van der Waals surface area (Å²) in [6.07, 6.45) is 8.78. The van der Waals surface area contributed by atoms with Crippen molar-refractivity contribution < 1.29 is 15.0 Å². The molecule has 0 heterocycles. The van der Waals surface area contributed by atoms with Crippen molar-refractivity contribution in [1.29, 1.82) is 0 Å². The molecule has 142 valence electrons. The van der Waals surface area contributed by atoms with E-state index in [9.17, 15) is 15.0 Å². The van der Waals surface area contributed by atoms with E-state index in [2.05, 4.69) is 19.9 Å². The standard InChI is InChI=1S/C21H34B2O3/c1-12(24)15-6-7-16-14-5-4-13-10-20(22,25)9-8-18(13,2)17(14)21(23,26)11-19(15,16)3/h10,14-17,25-26H,4-9,11,22-23H2,1-3H3/t14?,15-,16?,17?,18+,19-,20+,21+/m1/s1. The van der Waals surface area contributed by atoms with Gasteiger partial charge in [0.05, 0.1) is 0 Å². The van der Waals surface area contributed by atoms with Gasteiger partial charge >= 0.3 is 0 Å². The van der Waals surface area contributed by atoms with E-state index < -0.39 is 11.0 Å². The van der Waals surface area contributed by atoms with Crippen LogP contribution in [0.1, 0.15) is 65.7 Å². The van der Waals surface area contributed by atoms with Gasteiger partial charge in [-0.3, -0.25) is 4.79 Å². The van der Waals surface area contributed by atoms with Crippen LogP contribution in [0.4, 0.5) is 0 Å². The molecular weight excluding hydrogens is 322 g/mol. The van der Waals surface area contributed by atoms with Crippen LogP contribution in [0.5, 0.6) is 0 Å². The van der Waals surface area contributed by atoms with Crippen LogP contribution < -0.4 is 0 Å². The van der Waals surface area contributed by atoms with E-state index in [0.29, 0.717) is 17.6 Å². The van der Waals surface area contributed by atoms with E-state index >= 15 is 0 Å². The third-order valence-corrected chi connectivity index (χ3v) is 9.06. The number of carbonyl (C=O) groups is 1. The largest absolute Gasteiger partial charge is 0.399 e. The molecule has 0 saturated heterocycles. The summed E-state index contributed by atoms with van der Waals surface area (Å²) in [6, 6.07) is 0. The van der Waals surface area contributed by atoms with Crippen LogP contribution in [0.3, 0.4) is 0 Å². The van der Waals surface area contributed by atoms with Gasteiger partial charge in [0.2, 0.25) is 0 Å². The van der Waals surface area contributed by atoms with Crippen LogP contribution in [0.15, 0.2) is 11.6 Å². The fourth-order valence-electron chi connectivity index (χ4n) is 8.31. The van der Waals surface area contributed by atoms with Crippen LogP contribution in [0.25, 0.3) is 0 Å². The molecule has 4 rings (SSSR count). The van der Waals surface area contributed by atoms with Gasteiger partial charge in [-0.05, 0) is 80.5 Å². The summed E-state index contributed by atoms with van der Waals surface area (Å²) in [5.41, 5.74) is -0.187. The first kappa shape index (κ1) is 18.8. The monoisotopic (exact) mass is 356 g/mol. The lowest BCUT2D eigenvalue weighted by Gasteiger charge is -2.64. The van der Waals surface area contributed by atoms with Crippen molar-refractivity contribution in [2.45, 2.75) is 76.7 Å². The lowest BCUT2D eigenvalue weighted by Crippen LogP contribution is -2.63. The molecule has 3 nitrogen and oxygen atoms in total. The molecule has 26 heavy (non-hydrogen) atoms. The van der Waals surface area contributed by atoms with Gasteiger partial charge in [0, 0.05) is 16.9 Å². The number of ketones is 1. The number of fused-ring (bicyclic) bond motifs is 5. The third-order valence-electron chi connectivity index (χ3n) is 9.06. The average Bonchev–Trinajstić information content (AvgIpc) is 2.83. The Morgan fingerprint density at radius 1 is 1.15 bits per heavy atom. The van der Waals surface area contributed by atoms with E-state index in [1.54, 1.807) is 6.92 Å². The van der Waals surface area contributed by atoms with E-state index in [1.165, 1.54) is 5.57 Å². The summed E-state index contributed by atoms with van der Waals surface area (Å²) in [5.74, 6) is 1.67. The average molecular weight is 356 g/mol. The first-order valence-corrected chi connectivity index (χ1v) is 10.6. The molecule has 0 aromatic rings. The predicted molar refractivity (Wildman–Crippen MR) is 108 cm³/mol. The Hall–Kier alpha value is -0.540. The first-order chi connectivity index (χ1) is 11.9. The lowest BCUT2D eigenvalue weighted by atomic mass is 9.38. The minimum atomic E-state index is -0.759. The van der Waals surface area contributed by atoms with Crippen LogP contribution in [0.2, 0.25) is 0 Å². The van der Waals surface area contributed by atoms with Crippen molar-refractivity contribution in [3.05, 3.63) is 11.6 Å². The van der Waals surface area contributed by atoms with Gasteiger partial charge in [-0.2, -0.15) is 0 Å². The second kappa shape index (κ2) is 5.50. The van der Waals surface area contributed by atoms with E-state index in [-0.39, 0.29) is 22.7 Å². The third kappa shape index (κ3) is 2.45. The minimum Gasteiger partial charge on any atom is -0.399 e. The molecular formula is C21H34B2O3. The highest BCUT2D eigenvalue weighted by Gasteiger charge is 2.65. The highest BCUT2D eigenvalue weighted by molar-refractivity contribution is 6.16. The first-order valence-electron chi connectivity index (χ1n) is 10.6. The van der Waals surface area contributed by atoms with Crippen molar-refractivity contribution in [3.63, 3.8) is 0 Å². The maximum Gasteiger partial charge on any atom is 0.148 e. The molecule has 0 amide bonds. The summed E-state index contributed by atoms with van der Waals surface area (Å²) in [7, 11) is 3.94. The van der Waals surface area contributed by atoms with Gasteiger partial charge in [-0.25, -0.2) is 0 Å². The highest BCUT2D eigenvalue weighted by Crippen LogP contribution is 2.68. The number of carbonyl (C=O) groups excluding carboxylic acids is 1. The Morgan fingerprint density at radius 2 is 1.85 bits per heavy atom. The zero-order valence-electron chi connectivity index (χ0n) is 17.1. The van der Waals surface area contributed by atoms with Crippen LogP contribution in [0, 0.1) is 34.5 Å². The summed E-state index contributed by atoms with van der Waals surface area (Å²) in [4.78, 5) is 12.3. The van der Waals surface area contributed by atoms with Gasteiger partial charge in [0.15, 0.2) is 0 Å². The van der Waals surface area contributed by atoms with Crippen molar-refractivity contribution in [2.24, 2.45) is 34.5 Å². The van der Waals surface area contributed by atoms with E-state index in [0.717, 1.165) is 44.9 Å². The predicted octanol–water partition coefficient (Wildman–Crippen LogP) is 1.41. The Morgan fingerprint density at radius 3 is 2.50 bits per heavy atom. The normalized spacial score (nSPS) is 56.1. The zero-order valence-corrected chi connectivity index (χ0v) is 17.1. The number of aliphatic hydroxyl groups is 2. The molecule has 8 atom stereocenters. The Labute approximate surface area is 159 Å². The number of allylic oxidation sites excluding steroid dienone is 1. The van der Waals surface area contributed by atoms with Crippen LogP contribution in [-0.2, 0) is 4.79 Å². The summed E-state index contributed by atoms with van der Waals surface area (Å²) in [5, 5.41) is 22.3. The molecule has 0 aromatic carbocycles. The van der Waals surface area contributed by atoms with Crippen LogP contribution >= 0.6 is 0 Å². The Balaban J connectivity index is 1.77. The zero-order chi connectivity index (χ0) is 19.1. The van der Waals surface area contributed by atoms with Crippen molar-refractivity contribution >= 4 is 21.5 Å². The molecule has 0 radical (unpaired) electrons. The maximum atomic E-state index is 12.3. The molecule has 3 unspecified atom stereocenters. The van der Waals surface area contributed by atoms with E-state index in [4.69, 9.17) is 0 Å². The Bertz CT molecular complexity index is 670. The molecule has 4 aliphatic rings. The molecule has 0 aromatic heterocycles. The lowest BCUT2D eigenvalue weighted by molar-refractivity contribution is -0.157. The topological polar surface area (TPSA) is 57.5 Å². The summed E-state index contributed by atoms with van der Waals surface area (Å²) in [6.45, 7) is 6.35. The number of hydrogen-bond donors (Lipinski definition) is 2. The van der Waals surface area contributed by atoms with Crippen molar-refractivity contribution in [1.82, 2.24) is 0 Å². The van der Waals surface area contributed by atoms with Gasteiger partial charge in [-0.15, -0.1) is 0 Å². The van der Waals surface area contributed by atoms with E-state index in [1.807, 2.05) is 15.7 Å². The molecule has 3 fully saturated rings. The maximum absolute atomic E-state index is 12.3. The van der Waals surface area contributed by atoms with Gasteiger partial charge in [-0.1, -0.05) is 25.5 Å². The molecule has 0 spiro atoms. The molecule has 0 bridgehead atoms. The number of Topliss-reactive ketones (excluding diaryl/α,β-unsaturated/α-hetero) is 1. The molecule has 2 N–H and O–H groups in total. The van der Waals surface area contributed by atoms with Gasteiger partial charge in [0.25, 0.3) is 0 Å². The highest BCUT2D eigenvalue weighted by atomic mass is 16.3. The van der Waals surface area contributed by atoms with Crippen molar-refractivity contribution in [3.8, 4) is 0 Å². The smallest absolute Gasteiger partial charge is 0.148 e. The molecule has 4 aliphatic carbocycles. The summed E-state index contributed by atoms with van der Waals surface area (Å²) >= 11 is 0. The minimum absolute atomic E-state index is 0.0235. The number of rotatable bonds is 1. The SMILES string of the molecule is B[C@]1(O)C[C@@]2(C)C(CC[C@@H]2C(C)=O)C2CCC3=C[C@@](B)(O)CC[C@]3(C)C21. The number of hydrogen-bond acceptors (Lipinski definition) is 3. The fraction of sp³-hybridized carbons (Fsp3) is 0.857. The van der Waals surface area contributed by atoms with Gasteiger partial charge in [0.1, 0.15) is 21.5 Å². The quantitative estimate of drug-likeness (QED) is 0.552. The second-order valence-corrected chi connectivity index (χ2v) is 11.0. The van der Waals surface area contributed by atoms with Crippen LogP contribution in [-0.4, -0.2) is 42.7 Å². The Kier molecular flexibility index (Phi) is 3.98. The van der Waals surface area contributed by atoms with Gasteiger partial charge < -0.3 is 10.2 Å². The summed E-state index contributed by atoms with van der Waals surface area (Å²) < 4.78 is 0.